The van der Waals surface area contributed by atoms with Crippen LogP contribution in [0.25, 0.3) is 6.08 Å². The van der Waals surface area contributed by atoms with Gasteiger partial charge in [0.15, 0.2) is 0 Å². The van der Waals surface area contributed by atoms with Crippen LogP contribution in [0.3, 0.4) is 0 Å². The van der Waals surface area contributed by atoms with Gasteiger partial charge in [-0.25, -0.2) is 9.29 Å². The molecule has 3 aromatic rings. The summed E-state index contributed by atoms with van der Waals surface area (Å²) in [6.07, 6.45) is 2.42. The summed E-state index contributed by atoms with van der Waals surface area (Å²) >= 11 is 6.41. The number of hydrogen-bond donors (Lipinski definition) is 4. The van der Waals surface area contributed by atoms with Crippen molar-refractivity contribution in [2.75, 3.05) is 15.4 Å². The van der Waals surface area contributed by atoms with E-state index in [1.807, 2.05) is 31.2 Å². The number of hydrogen-bond acceptors (Lipinski definition) is 8. The highest BCUT2D eigenvalue weighted by atomic mass is 35.5. The zero-order valence-corrected chi connectivity index (χ0v) is 19.6. The van der Waals surface area contributed by atoms with Crippen molar-refractivity contribution in [2.45, 2.75) is 31.2 Å². The monoisotopic (exact) mass is 482 g/mol. The van der Waals surface area contributed by atoms with E-state index in [-0.39, 0.29) is 27.2 Å². The Bertz CT molecular complexity index is 1280. The maximum Gasteiger partial charge on any atom is 0.222 e. The summed E-state index contributed by atoms with van der Waals surface area (Å²) in [6.45, 7) is 3.64. The number of nitrogens with zero attached hydrogens (tertiary/aromatic N) is 4. The third kappa shape index (κ3) is 4.10. The molecule has 1 aliphatic rings. The van der Waals surface area contributed by atoms with Gasteiger partial charge in [0.1, 0.15) is 22.3 Å². The Hall–Kier alpha value is -3.29. The number of fused-ring (bicyclic) bond motifs is 1. The summed E-state index contributed by atoms with van der Waals surface area (Å²) in [4.78, 5) is 8.56. The molecule has 1 aromatic heterocycles. The number of benzene rings is 2. The van der Waals surface area contributed by atoms with Gasteiger partial charge in [0.2, 0.25) is 5.95 Å². The number of halogens is 1. The lowest BCUT2D eigenvalue weighted by atomic mass is 10.1. The quantitative estimate of drug-likeness (QED) is 0.365. The molecule has 2 heterocycles. The minimum absolute atomic E-state index is 0.0443. The molecule has 1 atom stereocenters. The molecule has 33 heavy (non-hydrogen) atoms. The van der Waals surface area contributed by atoms with Gasteiger partial charge < -0.3 is 11.1 Å². The van der Waals surface area contributed by atoms with Crippen molar-refractivity contribution in [1.29, 1.82) is 5.26 Å². The first-order chi connectivity index (χ1) is 15.8. The van der Waals surface area contributed by atoms with E-state index in [0.717, 1.165) is 0 Å². The van der Waals surface area contributed by atoms with E-state index < -0.39 is 16.8 Å². The van der Waals surface area contributed by atoms with Gasteiger partial charge in [-0.3, -0.25) is 9.11 Å². The van der Waals surface area contributed by atoms with E-state index in [1.165, 1.54) is 4.31 Å². The van der Waals surface area contributed by atoms with Gasteiger partial charge in [-0.05, 0) is 37.6 Å². The van der Waals surface area contributed by atoms with E-state index in [1.54, 1.807) is 37.3 Å². The van der Waals surface area contributed by atoms with Crippen LogP contribution in [0.15, 0.2) is 59.1 Å². The fourth-order valence-electron chi connectivity index (χ4n) is 3.87. The van der Waals surface area contributed by atoms with Gasteiger partial charge in [-0.1, -0.05) is 59.6 Å². The molecule has 2 aromatic carbocycles. The van der Waals surface area contributed by atoms with Crippen LogP contribution in [0.5, 0.6) is 0 Å². The van der Waals surface area contributed by atoms with Crippen LogP contribution in [-0.2, 0) is 0 Å². The topological polar surface area (TPSA) is 131 Å². The van der Waals surface area contributed by atoms with E-state index in [0.29, 0.717) is 29.1 Å². The van der Waals surface area contributed by atoms with E-state index in [2.05, 4.69) is 21.4 Å². The second-order valence-corrected chi connectivity index (χ2v) is 9.70. The summed E-state index contributed by atoms with van der Waals surface area (Å²) in [6, 6.07) is 16.0. The Kier molecular flexibility index (Phi) is 6.19. The molecule has 0 unspecified atom stereocenters. The van der Waals surface area contributed by atoms with Gasteiger partial charge >= 0.3 is 0 Å². The molecule has 0 spiro atoms. The second kappa shape index (κ2) is 8.92. The molecular formula is C23H23ClN6O2S. The molecular weight excluding hydrogens is 460 g/mol. The second-order valence-electron chi connectivity index (χ2n) is 7.48. The number of nitrogens with one attached hydrogen (secondary N) is 1. The van der Waals surface area contributed by atoms with Crippen molar-refractivity contribution in [3.8, 4) is 6.07 Å². The molecule has 0 saturated carbocycles. The minimum atomic E-state index is -3.52. The predicted octanol–water partition coefficient (Wildman–Crippen LogP) is 5.67. The van der Waals surface area contributed by atoms with Gasteiger partial charge in [0, 0.05) is 5.56 Å². The van der Waals surface area contributed by atoms with Gasteiger partial charge in [-0.2, -0.15) is 10.2 Å². The lowest BCUT2D eigenvalue weighted by Crippen LogP contribution is -2.38. The predicted molar refractivity (Wildman–Crippen MR) is 133 cm³/mol. The molecule has 0 saturated heterocycles. The highest BCUT2D eigenvalue weighted by molar-refractivity contribution is 8.25. The number of nitriles is 1. The zero-order chi connectivity index (χ0) is 23.8. The number of aromatic nitrogens is 2. The van der Waals surface area contributed by atoms with Crippen molar-refractivity contribution >= 4 is 45.9 Å². The molecule has 0 amide bonds. The lowest BCUT2D eigenvalue weighted by Gasteiger charge is -2.50. The fourth-order valence-corrected chi connectivity index (χ4v) is 6.21. The molecule has 0 aliphatic carbocycles. The first-order valence-electron chi connectivity index (χ1n) is 10.2. The third-order valence-corrected chi connectivity index (χ3v) is 7.71. The molecule has 0 radical (unpaired) electrons. The summed E-state index contributed by atoms with van der Waals surface area (Å²) in [5, 5.41) is 13.2. The Morgan fingerprint density at radius 2 is 1.91 bits per heavy atom. The maximum absolute atomic E-state index is 11.5. The van der Waals surface area contributed by atoms with Crippen molar-refractivity contribution in [3.05, 3.63) is 76.1 Å². The third-order valence-electron chi connectivity index (χ3n) is 5.35. The van der Waals surface area contributed by atoms with Crippen molar-refractivity contribution in [1.82, 2.24) is 9.97 Å². The number of nitrogen functional groups attached to an aromatic ring is 1. The number of nitrogens with two attached hydrogens (primary N) is 1. The summed E-state index contributed by atoms with van der Waals surface area (Å²) < 4.78 is 24.5. The van der Waals surface area contributed by atoms with Crippen LogP contribution >= 0.6 is 22.4 Å². The maximum atomic E-state index is 11.5. The molecule has 0 fully saturated rings. The molecule has 0 bridgehead atoms. The van der Waals surface area contributed by atoms with E-state index in [9.17, 15) is 14.4 Å². The highest BCUT2D eigenvalue weighted by Crippen LogP contribution is 2.62. The van der Waals surface area contributed by atoms with Gasteiger partial charge in [-0.15, -0.1) is 0 Å². The fraction of sp³-hybridized carbons (Fsp3) is 0.174. The zero-order valence-electron chi connectivity index (χ0n) is 18.0. The van der Waals surface area contributed by atoms with Crippen LogP contribution in [-0.4, -0.2) is 25.1 Å². The standard InChI is InChI=1S/C23H23ClN6O2S/c1-3-19(28-22-17(13-25)14(2)27-23(26)29-22)20-12-15-8-7-11-18(24)21(15)33(31,32)30(20)16-9-5-4-6-10-16/h4-12,19,31-32H,3H2,1-2H3,(H3,26,27,28,29)/t19-/m0/s1. The van der Waals surface area contributed by atoms with Crippen molar-refractivity contribution in [3.63, 3.8) is 0 Å². The van der Waals surface area contributed by atoms with E-state index in [4.69, 9.17) is 17.3 Å². The smallest absolute Gasteiger partial charge is 0.222 e. The SMILES string of the molecule is CC[C@H](Nc1nc(N)nc(C)c1C#N)C1=Cc2cccc(Cl)c2S(O)(O)N1c1ccccc1. The van der Waals surface area contributed by atoms with Gasteiger partial charge in [0.05, 0.1) is 28.1 Å². The first-order valence-corrected chi connectivity index (χ1v) is 12.1. The Morgan fingerprint density at radius 1 is 1.18 bits per heavy atom. The van der Waals surface area contributed by atoms with Crippen LogP contribution in [0.1, 0.15) is 30.2 Å². The first kappa shape index (κ1) is 22.9. The van der Waals surface area contributed by atoms with Crippen LogP contribution in [0.4, 0.5) is 17.5 Å². The van der Waals surface area contributed by atoms with Crippen LogP contribution < -0.4 is 15.4 Å². The summed E-state index contributed by atoms with van der Waals surface area (Å²) in [5.74, 6) is 0.333. The number of para-hydroxylation sites is 1. The molecule has 10 heteroatoms. The number of rotatable bonds is 5. The van der Waals surface area contributed by atoms with E-state index >= 15 is 0 Å². The normalized spacial score (nSPS) is 16.2. The largest absolute Gasteiger partial charge is 0.368 e. The number of aryl methyl sites for hydroxylation is 1. The average Bonchev–Trinajstić information content (AvgIpc) is 2.77. The van der Waals surface area contributed by atoms with Crippen molar-refractivity contribution < 1.29 is 9.11 Å². The number of anilines is 3. The Morgan fingerprint density at radius 3 is 2.58 bits per heavy atom. The lowest BCUT2D eigenvalue weighted by molar-refractivity contribution is 0.482. The Labute approximate surface area is 198 Å². The summed E-state index contributed by atoms with van der Waals surface area (Å²) in [7, 11) is -3.52. The Balaban J connectivity index is 1.90. The summed E-state index contributed by atoms with van der Waals surface area (Å²) in [5.41, 5.74) is 8.37. The molecule has 4 rings (SSSR count). The molecule has 5 N–H and O–H groups in total. The molecule has 170 valence electrons. The molecule has 8 nitrogen and oxygen atoms in total. The molecule has 1 aliphatic heterocycles. The minimum Gasteiger partial charge on any atom is -0.368 e. The van der Waals surface area contributed by atoms with Crippen molar-refractivity contribution in [2.24, 2.45) is 0 Å². The van der Waals surface area contributed by atoms with Crippen LogP contribution in [0.2, 0.25) is 5.02 Å². The highest BCUT2D eigenvalue weighted by Gasteiger charge is 2.38. The van der Waals surface area contributed by atoms with Gasteiger partial charge in [0.25, 0.3) is 0 Å². The average molecular weight is 483 g/mol. The van der Waals surface area contributed by atoms with Crippen LogP contribution in [0, 0.1) is 18.3 Å².